The van der Waals surface area contributed by atoms with Gasteiger partial charge in [0, 0.05) is 0 Å². The van der Waals surface area contributed by atoms with Gasteiger partial charge in [0.15, 0.2) is 11.5 Å². The van der Waals surface area contributed by atoms with Crippen molar-refractivity contribution in [3.8, 4) is 11.5 Å². The Kier molecular flexibility index (Phi) is 8.53. The zero-order chi connectivity index (χ0) is 20.1. The molecule has 2 aromatic carbocycles. The highest BCUT2D eigenvalue weighted by atomic mass is 35.5. The van der Waals surface area contributed by atoms with Gasteiger partial charge in [-0.25, -0.2) is 8.78 Å². The summed E-state index contributed by atoms with van der Waals surface area (Å²) in [5, 5.41) is 8.42. The third-order valence-corrected chi connectivity index (χ3v) is 3.71. The molecule has 0 unspecified atom stereocenters. The fourth-order valence-electron chi connectivity index (χ4n) is 1.47. The summed E-state index contributed by atoms with van der Waals surface area (Å²) >= 11 is 21.8. The number of benzene rings is 2. The summed E-state index contributed by atoms with van der Waals surface area (Å²) in [6.45, 7) is -0.616. The summed E-state index contributed by atoms with van der Waals surface area (Å²) in [7, 11) is 0. The lowest BCUT2D eigenvalue weighted by Gasteiger charge is -2.11. The molecule has 0 amide bonds. The van der Waals surface area contributed by atoms with Crippen molar-refractivity contribution in [1.29, 1.82) is 0 Å². The number of ether oxygens (including phenoxy) is 1. The zero-order valence-corrected chi connectivity index (χ0v) is 15.5. The molecule has 0 atom stereocenters. The van der Waals surface area contributed by atoms with Crippen LogP contribution >= 0.6 is 46.4 Å². The molecule has 1 N–H and O–H groups in total. The van der Waals surface area contributed by atoms with Crippen LogP contribution in [0.2, 0.25) is 20.1 Å². The van der Waals surface area contributed by atoms with Gasteiger partial charge in [0.25, 0.3) is 0 Å². The van der Waals surface area contributed by atoms with Gasteiger partial charge < -0.3 is 9.84 Å². The maximum absolute atomic E-state index is 12.7. The smallest absolute Gasteiger partial charge is 0.392 e. The maximum Gasteiger partial charge on any atom is 0.392 e. The zero-order valence-electron chi connectivity index (χ0n) is 12.5. The van der Waals surface area contributed by atoms with E-state index in [4.69, 9.17) is 56.2 Å². The molecule has 11 heteroatoms. The molecule has 0 saturated carbocycles. The lowest BCUT2D eigenvalue weighted by Crippen LogP contribution is -2.13. The molecular weight excluding hydrogens is 449 g/mol. The van der Waals surface area contributed by atoms with E-state index in [1.165, 1.54) is 0 Å². The highest BCUT2D eigenvalue weighted by molar-refractivity contribution is 6.37. The molecule has 0 radical (unpaired) electrons. The van der Waals surface area contributed by atoms with Gasteiger partial charge in [0.1, 0.15) is 11.6 Å². The fraction of sp³-hybridized carbons (Fsp3) is 0.200. The second-order valence-electron chi connectivity index (χ2n) is 4.63. The van der Waals surface area contributed by atoms with Gasteiger partial charge in [-0.3, -0.25) is 0 Å². The molecule has 0 saturated heterocycles. The number of hydrogen-bond acceptors (Lipinski definition) is 2. The van der Waals surface area contributed by atoms with E-state index in [0.717, 1.165) is 24.3 Å². The van der Waals surface area contributed by atoms with Crippen molar-refractivity contribution in [2.24, 2.45) is 0 Å². The first-order valence-electron chi connectivity index (χ1n) is 6.58. The largest absolute Gasteiger partial charge is 0.505 e. The van der Waals surface area contributed by atoms with Crippen molar-refractivity contribution in [3.63, 3.8) is 0 Å². The highest BCUT2D eigenvalue weighted by Gasteiger charge is 2.27. The van der Waals surface area contributed by atoms with Crippen LogP contribution in [-0.4, -0.2) is 17.9 Å². The van der Waals surface area contributed by atoms with E-state index >= 15 is 0 Å². The summed E-state index contributed by atoms with van der Waals surface area (Å²) in [4.78, 5) is 0. The second kappa shape index (κ2) is 9.69. The molecule has 0 aliphatic heterocycles. The van der Waals surface area contributed by atoms with Crippen molar-refractivity contribution in [2.45, 2.75) is 12.6 Å². The summed E-state index contributed by atoms with van der Waals surface area (Å²) < 4.78 is 65.2. The Bertz CT molecular complexity index is 722. The summed E-state index contributed by atoms with van der Waals surface area (Å²) in [5.41, 5.74) is 0. The van der Waals surface area contributed by atoms with Crippen molar-refractivity contribution in [3.05, 3.63) is 56.0 Å². The Labute approximate surface area is 165 Å². The Morgan fingerprint density at radius 1 is 0.808 bits per heavy atom. The number of alkyl halides is 3. The number of hydrogen-bond donors (Lipinski definition) is 1. The second-order valence-corrected chi connectivity index (χ2v) is 6.26. The van der Waals surface area contributed by atoms with E-state index in [0.29, 0.717) is 0 Å². The van der Waals surface area contributed by atoms with Crippen LogP contribution < -0.4 is 4.74 Å². The van der Waals surface area contributed by atoms with Gasteiger partial charge in [-0.2, -0.15) is 13.2 Å². The summed E-state index contributed by atoms with van der Waals surface area (Å²) in [6, 6.07) is 3.80. The Morgan fingerprint density at radius 3 is 1.58 bits per heavy atom. The minimum Gasteiger partial charge on any atom is -0.505 e. The molecule has 0 spiro atoms. The monoisotopic (exact) mass is 456 g/mol. The molecule has 2 aromatic rings. The molecule has 144 valence electrons. The molecule has 0 aromatic heterocycles. The molecule has 0 heterocycles. The van der Waals surface area contributed by atoms with Crippen molar-refractivity contribution in [1.82, 2.24) is 0 Å². The number of aromatic hydroxyl groups is 1. The predicted octanol–water partition coefficient (Wildman–Crippen LogP) is 7.30. The van der Waals surface area contributed by atoms with Gasteiger partial charge in [0.05, 0.1) is 33.1 Å². The number of phenolic OH excluding ortho intramolecular Hbond substituents is 1. The highest BCUT2D eigenvalue weighted by Crippen LogP contribution is 2.34. The molecule has 26 heavy (non-hydrogen) atoms. The van der Waals surface area contributed by atoms with E-state index in [9.17, 15) is 22.0 Å². The number of rotatable bonds is 3. The van der Waals surface area contributed by atoms with E-state index in [1.807, 2.05) is 0 Å². The van der Waals surface area contributed by atoms with Crippen LogP contribution in [0.3, 0.4) is 0 Å². The number of phenols is 1. The quantitative estimate of drug-likeness (QED) is 0.490. The Hall–Kier alpha value is -1.15. The van der Waals surface area contributed by atoms with Crippen molar-refractivity contribution in [2.75, 3.05) is 6.61 Å². The normalized spacial score (nSPS) is 11.0. The third-order valence-electron chi connectivity index (χ3n) is 2.58. The fourth-order valence-corrected chi connectivity index (χ4v) is 2.50. The van der Waals surface area contributed by atoms with Gasteiger partial charge in [-0.1, -0.05) is 46.4 Å². The van der Waals surface area contributed by atoms with Crippen LogP contribution in [-0.2, 0) is 0 Å². The van der Waals surface area contributed by atoms with Crippen LogP contribution in [0.5, 0.6) is 11.5 Å². The molecule has 0 aliphatic rings. The third kappa shape index (κ3) is 7.61. The van der Waals surface area contributed by atoms with Gasteiger partial charge >= 0.3 is 6.18 Å². The van der Waals surface area contributed by atoms with Crippen molar-refractivity contribution >= 4 is 46.4 Å². The van der Waals surface area contributed by atoms with Crippen LogP contribution in [0.25, 0.3) is 0 Å². The summed E-state index contributed by atoms with van der Waals surface area (Å²) in [5.74, 6) is -1.68. The minimum atomic E-state index is -4.32. The first kappa shape index (κ1) is 22.9. The molecule has 2 nitrogen and oxygen atoms in total. The van der Waals surface area contributed by atoms with Crippen LogP contribution in [0, 0.1) is 11.6 Å². The van der Waals surface area contributed by atoms with E-state index in [1.54, 1.807) is 0 Å². The van der Waals surface area contributed by atoms with Gasteiger partial charge in [-0.15, -0.1) is 0 Å². The molecular formula is C15H9Cl4F5O2. The first-order chi connectivity index (χ1) is 11.9. The van der Waals surface area contributed by atoms with E-state index in [2.05, 4.69) is 0 Å². The molecule has 0 bridgehead atoms. The average molecular weight is 458 g/mol. The maximum atomic E-state index is 12.7. The van der Waals surface area contributed by atoms with E-state index in [-0.39, 0.29) is 31.6 Å². The van der Waals surface area contributed by atoms with Gasteiger partial charge in [-0.05, 0) is 24.3 Å². The minimum absolute atomic E-state index is 0.0787. The Morgan fingerprint density at radius 2 is 1.19 bits per heavy atom. The molecule has 0 aliphatic carbocycles. The number of halogens is 9. The van der Waals surface area contributed by atoms with Crippen molar-refractivity contribution < 1.29 is 31.8 Å². The topological polar surface area (TPSA) is 29.5 Å². The lowest BCUT2D eigenvalue weighted by atomic mass is 10.3. The van der Waals surface area contributed by atoms with E-state index < -0.39 is 30.8 Å². The molecule has 0 fully saturated rings. The Balaban J connectivity index is 0.000000289. The van der Waals surface area contributed by atoms with Crippen LogP contribution in [0.1, 0.15) is 6.42 Å². The lowest BCUT2D eigenvalue weighted by molar-refractivity contribution is -0.139. The summed E-state index contributed by atoms with van der Waals surface area (Å²) in [6.07, 6.45) is -5.45. The van der Waals surface area contributed by atoms with Crippen LogP contribution in [0.15, 0.2) is 24.3 Å². The SMILES string of the molecule is Fc1cc(Cl)c(OCCC(F)(F)F)c(Cl)c1.Oc1c(Cl)cc(F)cc1Cl. The standard InChI is InChI=1S/C9H6Cl2F4O.C6H3Cl2FO/c10-6-3-5(12)4-7(11)8(6)16-2-1-9(13,14)15;7-4-1-3(9)2-5(8)6(4)10/h3-4H,1-2H2;1-2,10H. The first-order valence-corrected chi connectivity index (χ1v) is 8.09. The van der Waals surface area contributed by atoms with Crippen LogP contribution in [0.4, 0.5) is 22.0 Å². The average Bonchev–Trinajstić information content (AvgIpc) is 2.47. The van der Waals surface area contributed by atoms with Gasteiger partial charge in [0.2, 0.25) is 0 Å². The molecule has 2 rings (SSSR count). The predicted molar refractivity (Wildman–Crippen MR) is 90.7 cm³/mol.